The number of benzene rings is 1. The van der Waals surface area contributed by atoms with Gasteiger partial charge in [-0.3, -0.25) is 0 Å². The van der Waals surface area contributed by atoms with Gasteiger partial charge in [0.25, 0.3) is 0 Å². The third-order valence-electron chi connectivity index (χ3n) is 3.75. The highest BCUT2D eigenvalue weighted by Crippen LogP contribution is 2.27. The molecule has 4 heteroatoms. The van der Waals surface area contributed by atoms with Crippen LogP contribution in [0.1, 0.15) is 45.2 Å². The van der Waals surface area contributed by atoms with Gasteiger partial charge >= 0.3 is 0 Å². The molecular weight excluding hydrogens is 252 g/mol. The molecule has 0 aliphatic rings. The summed E-state index contributed by atoms with van der Waals surface area (Å²) in [5.74, 6) is 0.410. The zero-order valence-corrected chi connectivity index (χ0v) is 13.1. The fraction of sp³-hybridized carbons (Fsp3) is 0.625. The van der Waals surface area contributed by atoms with Crippen molar-refractivity contribution in [3.63, 3.8) is 0 Å². The molecule has 1 atom stereocenters. The van der Waals surface area contributed by atoms with Crippen LogP contribution in [0.5, 0.6) is 11.5 Å². The Balaban J connectivity index is 2.30. The minimum atomic E-state index is 0.0323. The molecule has 0 aliphatic heterocycles. The van der Waals surface area contributed by atoms with Crippen LogP contribution in [-0.2, 0) is 0 Å². The first-order valence-corrected chi connectivity index (χ1v) is 7.37. The molecule has 0 spiro atoms. The van der Waals surface area contributed by atoms with E-state index in [2.05, 4.69) is 31.1 Å². The van der Waals surface area contributed by atoms with Gasteiger partial charge in [-0.05, 0) is 71.9 Å². The van der Waals surface area contributed by atoms with Crippen molar-refractivity contribution in [1.29, 1.82) is 0 Å². The summed E-state index contributed by atoms with van der Waals surface area (Å²) in [7, 11) is 2.14. The van der Waals surface area contributed by atoms with Crippen LogP contribution in [0.2, 0.25) is 0 Å². The van der Waals surface area contributed by atoms with Crippen LogP contribution in [0.3, 0.4) is 0 Å². The van der Waals surface area contributed by atoms with Gasteiger partial charge in [-0.1, -0.05) is 0 Å². The van der Waals surface area contributed by atoms with Crippen molar-refractivity contribution in [2.75, 3.05) is 20.1 Å². The SMILES string of the molecule is CC(NCCCCN(C)C(C)C)c1cc(O)ccc1O. The fourth-order valence-corrected chi connectivity index (χ4v) is 2.06. The fourth-order valence-electron chi connectivity index (χ4n) is 2.06. The normalized spacial score (nSPS) is 13.1. The van der Waals surface area contributed by atoms with Crippen molar-refractivity contribution in [3.05, 3.63) is 23.8 Å². The molecule has 3 N–H and O–H groups in total. The molecule has 0 aliphatic carbocycles. The lowest BCUT2D eigenvalue weighted by Gasteiger charge is -2.21. The molecule has 0 bridgehead atoms. The summed E-state index contributed by atoms with van der Waals surface area (Å²) in [5, 5.41) is 22.6. The highest BCUT2D eigenvalue weighted by Gasteiger charge is 2.10. The van der Waals surface area contributed by atoms with Gasteiger partial charge in [0.05, 0.1) is 0 Å². The van der Waals surface area contributed by atoms with Gasteiger partial charge in [-0.2, -0.15) is 0 Å². The highest BCUT2D eigenvalue weighted by atomic mass is 16.3. The topological polar surface area (TPSA) is 55.7 Å². The zero-order chi connectivity index (χ0) is 15.1. The van der Waals surface area contributed by atoms with E-state index in [9.17, 15) is 10.2 Å². The van der Waals surface area contributed by atoms with E-state index in [-0.39, 0.29) is 17.5 Å². The van der Waals surface area contributed by atoms with Crippen molar-refractivity contribution in [3.8, 4) is 11.5 Å². The average molecular weight is 280 g/mol. The van der Waals surface area contributed by atoms with E-state index >= 15 is 0 Å². The van der Waals surface area contributed by atoms with Crippen LogP contribution in [-0.4, -0.2) is 41.3 Å². The second kappa shape index (κ2) is 8.12. The second-order valence-corrected chi connectivity index (χ2v) is 5.70. The van der Waals surface area contributed by atoms with E-state index in [1.54, 1.807) is 6.07 Å². The Bertz CT molecular complexity index is 407. The van der Waals surface area contributed by atoms with Crippen molar-refractivity contribution >= 4 is 0 Å². The van der Waals surface area contributed by atoms with Crippen LogP contribution in [0.15, 0.2) is 18.2 Å². The van der Waals surface area contributed by atoms with Gasteiger partial charge in [0.1, 0.15) is 11.5 Å². The van der Waals surface area contributed by atoms with E-state index in [0.717, 1.165) is 31.5 Å². The third-order valence-corrected chi connectivity index (χ3v) is 3.75. The first kappa shape index (κ1) is 16.8. The number of hydrogen-bond donors (Lipinski definition) is 3. The summed E-state index contributed by atoms with van der Waals surface area (Å²) in [6.07, 6.45) is 2.25. The van der Waals surface area contributed by atoms with Gasteiger partial charge < -0.3 is 20.4 Å². The zero-order valence-electron chi connectivity index (χ0n) is 13.1. The first-order valence-electron chi connectivity index (χ1n) is 7.37. The maximum absolute atomic E-state index is 9.78. The van der Waals surface area contributed by atoms with Crippen molar-refractivity contribution in [2.45, 2.75) is 45.7 Å². The molecule has 0 saturated heterocycles. The van der Waals surface area contributed by atoms with Gasteiger partial charge in [0.2, 0.25) is 0 Å². The lowest BCUT2D eigenvalue weighted by atomic mass is 10.1. The average Bonchev–Trinajstić information content (AvgIpc) is 2.40. The van der Waals surface area contributed by atoms with Crippen LogP contribution in [0.25, 0.3) is 0 Å². The number of rotatable bonds is 8. The summed E-state index contributed by atoms with van der Waals surface area (Å²) in [6, 6.07) is 5.25. The Hall–Kier alpha value is -1.26. The summed E-state index contributed by atoms with van der Waals surface area (Å²) in [6.45, 7) is 8.40. The van der Waals surface area contributed by atoms with Gasteiger partial charge in [0.15, 0.2) is 0 Å². The number of hydrogen-bond acceptors (Lipinski definition) is 4. The largest absolute Gasteiger partial charge is 0.508 e. The minimum absolute atomic E-state index is 0.0323. The van der Waals surface area contributed by atoms with Gasteiger partial charge in [0, 0.05) is 17.6 Å². The van der Waals surface area contributed by atoms with E-state index in [1.165, 1.54) is 12.1 Å². The van der Waals surface area contributed by atoms with Crippen LogP contribution in [0, 0.1) is 0 Å². The monoisotopic (exact) mass is 280 g/mol. The minimum Gasteiger partial charge on any atom is -0.508 e. The maximum Gasteiger partial charge on any atom is 0.120 e. The summed E-state index contributed by atoms with van der Waals surface area (Å²) >= 11 is 0. The van der Waals surface area contributed by atoms with Gasteiger partial charge in [-0.15, -0.1) is 0 Å². The molecule has 4 nitrogen and oxygen atoms in total. The Labute approximate surface area is 122 Å². The third kappa shape index (κ3) is 5.39. The Kier molecular flexibility index (Phi) is 6.82. The molecule has 0 fully saturated rings. The first-order chi connectivity index (χ1) is 9.41. The lowest BCUT2D eigenvalue weighted by Crippen LogP contribution is -2.28. The lowest BCUT2D eigenvalue weighted by molar-refractivity contribution is 0.267. The van der Waals surface area contributed by atoms with Gasteiger partial charge in [-0.25, -0.2) is 0 Å². The van der Waals surface area contributed by atoms with E-state index in [1.807, 2.05) is 6.92 Å². The number of phenols is 2. The molecule has 0 heterocycles. The molecule has 0 saturated carbocycles. The molecule has 114 valence electrons. The van der Waals surface area contributed by atoms with Crippen LogP contribution < -0.4 is 5.32 Å². The highest BCUT2D eigenvalue weighted by molar-refractivity contribution is 5.40. The molecule has 0 radical (unpaired) electrons. The maximum atomic E-state index is 9.78. The molecule has 1 rings (SSSR count). The molecule has 0 aromatic heterocycles. The van der Waals surface area contributed by atoms with E-state index < -0.39 is 0 Å². The predicted octanol–water partition coefficient (Wildman–Crippen LogP) is 2.87. The summed E-state index contributed by atoms with van der Waals surface area (Å²) in [4.78, 5) is 2.34. The Morgan fingerprint density at radius 1 is 1.15 bits per heavy atom. The molecule has 1 aromatic rings. The Morgan fingerprint density at radius 3 is 2.50 bits per heavy atom. The number of phenolic OH excluding ortho intramolecular Hbond substituents is 2. The predicted molar refractivity (Wildman–Crippen MR) is 83.2 cm³/mol. The molecular formula is C16H28N2O2. The second-order valence-electron chi connectivity index (χ2n) is 5.70. The molecule has 1 unspecified atom stereocenters. The molecule has 0 amide bonds. The molecule has 20 heavy (non-hydrogen) atoms. The number of nitrogens with zero attached hydrogens (tertiary/aromatic N) is 1. The number of unbranched alkanes of at least 4 members (excludes halogenated alkanes) is 1. The standard InChI is InChI=1S/C16H28N2O2/c1-12(2)18(4)10-6-5-9-17-13(3)15-11-14(19)7-8-16(15)20/h7-8,11-13,17,19-20H,5-6,9-10H2,1-4H3. The summed E-state index contributed by atoms with van der Waals surface area (Å²) < 4.78 is 0. The molecule has 1 aromatic carbocycles. The van der Waals surface area contributed by atoms with Crippen molar-refractivity contribution in [1.82, 2.24) is 10.2 Å². The van der Waals surface area contributed by atoms with Crippen molar-refractivity contribution in [2.24, 2.45) is 0 Å². The number of nitrogens with one attached hydrogen (secondary N) is 1. The van der Waals surface area contributed by atoms with Crippen LogP contribution >= 0.6 is 0 Å². The van der Waals surface area contributed by atoms with Crippen molar-refractivity contribution < 1.29 is 10.2 Å². The van der Waals surface area contributed by atoms with E-state index in [4.69, 9.17) is 0 Å². The smallest absolute Gasteiger partial charge is 0.120 e. The summed E-state index contributed by atoms with van der Waals surface area (Å²) in [5.41, 5.74) is 0.740. The Morgan fingerprint density at radius 2 is 1.85 bits per heavy atom. The van der Waals surface area contributed by atoms with Crippen LogP contribution in [0.4, 0.5) is 0 Å². The quantitative estimate of drug-likeness (QED) is 0.506. The number of aromatic hydroxyl groups is 2. The van der Waals surface area contributed by atoms with E-state index in [0.29, 0.717) is 6.04 Å².